The second-order valence-corrected chi connectivity index (χ2v) is 2.88. The van der Waals surface area contributed by atoms with Crippen molar-refractivity contribution < 1.29 is 22.5 Å². The molecule has 0 saturated heterocycles. The third-order valence-corrected chi connectivity index (χ3v) is 1.49. The lowest BCUT2D eigenvalue weighted by atomic mass is 10.4. The van der Waals surface area contributed by atoms with E-state index in [-0.39, 0.29) is 6.61 Å². The molecule has 2 atom stereocenters. The Hall–Kier alpha value is -0.170. The average Bonchev–Trinajstić information content (AvgIpc) is 2.00. The maximum atomic E-state index is 10.7. The van der Waals surface area contributed by atoms with Gasteiger partial charge in [-0.25, -0.2) is 4.21 Å². The second kappa shape index (κ2) is 6.36. The molecule has 0 radical (unpaired) electrons. The maximum Gasteiger partial charge on any atom is 0.326 e. The zero-order valence-corrected chi connectivity index (χ0v) is 7.89. The van der Waals surface area contributed by atoms with Crippen molar-refractivity contribution in [3.05, 3.63) is 0 Å². The van der Waals surface area contributed by atoms with Crippen LogP contribution >= 0.6 is 11.6 Å². The fraction of sp³-hybridized carbons (Fsp3) is 0.800. The van der Waals surface area contributed by atoms with Gasteiger partial charge < -0.3 is 9.29 Å². The minimum Gasteiger partial charge on any atom is -0.750 e. The van der Waals surface area contributed by atoms with E-state index in [1.807, 2.05) is 0 Å². The van der Waals surface area contributed by atoms with E-state index in [1.165, 1.54) is 0 Å². The van der Waals surface area contributed by atoms with Gasteiger partial charge in [-0.3, -0.25) is 8.98 Å². The van der Waals surface area contributed by atoms with E-state index >= 15 is 0 Å². The van der Waals surface area contributed by atoms with Crippen LogP contribution in [0.25, 0.3) is 0 Å². The topological polar surface area (TPSA) is 75.7 Å². The molecule has 0 bridgehead atoms. The molecule has 0 aliphatic heterocycles. The molecule has 5 nitrogen and oxygen atoms in total. The smallest absolute Gasteiger partial charge is 0.326 e. The van der Waals surface area contributed by atoms with E-state index < -0.39 is 29.3 Å². The number of hydrogen-bond acceptors (Lipinski definition) is 5. The molecule has 72 valence electrons. The van der Waals surface area contributed by atoms with Gasteiger partial charge in [0.15, 0.2) is 5.38 Å². The van der Waals surface area contributed by atoms with E-state index in [0.717, 1.165) is 0 Å². The molecular weight excluding hydrogens is 208 g/mol. The van der Waals surface area contributed by atoms with Crippen LogP contribution in [-0.4, -0.2) is 33.3 Å². The summed E-state index contributed by atoms with van der Waals surface area (Å²) in [6.45, 7) is 1.41. The first kappa shape index (κ1) is 11.8. The van der Waals surface area contributed by atoms with E-state index in [1.54, 1.807) is 6.92 Å². The predicted molar refractivity (Wildman–Crippen MR) is 41.1 cm³/mol. The minimum absolute atomic E-state index is 0.197. The van der Waals surface area contributed by atoms with Gasteiger partial charge in [0.1, 0.15) is 0 Å². The molecule has 0 rings (SSSR count). The number of rotatable bonds is 5. The monoisotopic (exact) mass is 215 g/mol. The summed E-state index contributed by atoms with van der Waals surface area (Å²) < 4.78 is 28.2. The van der Waals surface area contributed by atoms with Crippen LogP contribution in [0.15, 0.2) is 0 Å². The van der Waals surface area contributed by atoms with Crippen molar-refractivity contribution in [1.82, 2.24) is 0 Å². The third kappa shape index (κ3) is 5.48. The lowest BCUT2D eigenvalue weighted by Gasteiger charge is -2.09. The summed E-state index contributed by atoms with van der Waals surface area (Å²) in [6.07, 6.45) is 0. The molecule has 0 aromatic carbocycles. The summed E-state index contributed by atoms with van der Waals surface area (Å²) in [4.78, 5) is 10.7. The van der Waals surface area contributed by atoms with Crippen LogP contribution in [0, 0.1) is 0 Å². The van der Waals surface area contributed by atoms with Crippen LogP contribution in [0.3, 0.4) is 0 Å². The largest absolute Gasteiger partial charge is 0.750 e. The molecule has 0 aliphatic carbocycles. The zero-order chi connectivity index (χ0) is 9.56. The number of alkyl halides is 1. The van der Waals surface area contributed by atoms with Gasteiger partial charge in [0.2, 0.25) is 0 Å². The van der Waals surface area contributed by atoms with Crippen LogP contribution in [0.1, 0.15) is 6.92 Å². The summed E-state index contributed by atoms with van der Waals surface area (Å²) in [7, 11) is 0. The Morgan fingerprint density at radius 2 is 2.33 bits per heavy atom. The summed E-state index contributed by atoms with van der Waals surface area (Å²) in [5.41, 5.74) is 0. The first-order valence-electron chi connectivity index (χ1n) is 3.11. The number of carbonyl (C=O) groups is 1. The van der Waals surface area contributed by atoms with Crippen LogP contribution in [-0.2, 0) is 25.1 Å². The van der Waals surface area contributed by atoms with Crippen molar-refractivity contribution in [2.45, 2.75) is 12.3 Å². The van der Waals surface area contributed by atoms with Crippen molar-refractivity contribution in [2.75, 3.05) is 13.2 Å². The molecule has 0 aliphatic rings. The lowest BCUT2D eigenvalue weighted by molar-refractivity contribution is -0.143. The van der Waals surface area contributed by atoms with Crippen LogP contribution in [0.4, 0.5) is 0 Å². The van der Waals surface area contributed by atoms with Crippen molar-refractivity contribution in [2.24, 2.45) is 0 Å². The van der Waals surface area contributed by atoms with Crippen molar-refractivity contribution >= 4 is 28.9 Å². The molecule has 7 heteroatoms. The van der Waals surface area contributed by atoms with E-state index in [9.17, 15) is 13.6 Å². The number of carbonyl (C=O) groups excluding carboxylic acids is 1. The van der Waals surface area contributed by atoms with Gasteiger partial charge in [-0.2, -0.15) is 0 Å². The second-order valence-electron chi connectivity index (χ2n) is 1.71. The highest BCUT2D eigenvalue weighted by Crippen LogP contribution is 2.00. The molecule has 0 saturated carbocycles. The van der Waals surface area contributed by atoms with E-state index in [2.05, 4.69) is 8.92 Å². The molecular formula is C5H8ClO5S-. The Morgan fingerprint density at radius 3 is 2.75 bits per heavy atom. The van der Waals surface area contributed by atoms with Gasteiger partial charge in [0.05, 0.1) is 24.6 Å². The van der Waals surface area contributed by atoms with Gasteiger partial charge >= 0.3 is 5.97 Å². The number of ether oxygens (including phenoxy) is 1. The summed E-state index contributed by atoms with van der Waals surface area (Å²) in [6, 6.07) is 0. The standard InChI is InChI=1S/C5H9ClO5S/c1-2-10-5(7)4(6)3-11-12(8)9/h4H,2-3H2,1H3,(H,8,9)/p-1. The fourth-order valence-corrected chi connectivity index (χ4v) is 0.864. The van der Waals surface area contributed by atoms with E-state index in [4.69, 9.17) is 11.6 Å². The predicted octanol–water partition coefficient (Wildman–Crippen LogP) is -0.0324. The quantitative estimate of drug-likeness (QED) is 0.366. The summed E-state index contributed by atoms with van der Waals surface area (Å²) >= 11 is 2.73. The summed E-state index contributed by atoms with van der Waals surface area (Å²) in [5, 5.41) is -1.08. The average molecular weight is 216 g/mol. The molecule has 0 fully saturated rings. The van der Waals surface area contributed by atoms with Gasteiger partial charge in [0, 0.05) is 0 Å². The molecule has 0 spiro atoms. The number of hydrogen-bond donors (Lipinski definition) is 0. The highest BCUT2D eigenvalue weighted by atomic mass is 35.5. The normalized spacial score (nSPS) is 15.2. The van der Waals surface area contributed by atoms with Gasteiger partial charge in [-0.1, -0.05) is 0 Å². The van der Waals surface area contributed by atoms with E-state index in [0.29, 0.717) is 0 Å². The molecule has 12 heavy (non-hydrogen) atoms. The van der Waals surface area contributed by atoms with Crippen molar-refractivity contribution in [1.29, 1.82) is 0 Å². The van der Waals surface area contributed by atoms with Crippen LogP contribution in [0.5, 0.6) is 0 Å². The minimum atomic E-state index is -2.65. The first-order valence-corrected chi connectivity index (χ1v) is 4.54. The Morgan fingerprint density at radius 1 is 1.75 bits per heavy atom. The molecule has 0 aromatic heterocycles. The Labute approximate surface area is 77.5 Å². The number of halogens is 1. The highest BCUT2D eigenvalue weighted by molar-refractivity contribution is 7.74. The number of esters is 1. The van der Waals surface area contributed by atoms with Gasteiger partial charge in [0.25, 0.3) is 0 Å². The Balaban J connectivity index is 3.63. The molecule has 2 unspecified atom stereocenters. The molecule has 0 N–H and O–H groups in total. The molecule has 0 amide bonds. The zero-order valence-electron chi connectivity index (χ0n) is 6.32. The van der Waals surface area contributed by atoms with Gasteiger partial charge in [-0.15, -0.1) is 11.6 Å². The van der Waals surface area contributed by atoms with Crippen molar-refractivity contribution in [3.8, 4) is 0 Å². The van der Waals surface area contributed by atoms with Crippen LogP contribution < -0.4 is 0 Å². The fourth-order valence-electron chi connectivity index (χ4n) is 0.416. The highest BCUT2D eigenvalue weighted by Gasteiger charge is 2.16. The lowest BCUT2D eigenvalue weighted by Crippen LogP contribution is -2.23. The first-order chi connectivity index (χ1) is 5.57. The van der Waals surface area contributed by atoms with Crippen LogP contribution in [0.2, 0.25) is 0 Å². The Kier molecular flexibility index (Phi) is 6.27. The van der Waals surface area contributed by atoms with Gasteiger partial charge in [-0.05, 0) is 6.92 Å². The third-order valence-electron chi connectivity index (χ3n) is 0.853. The molecule has 0 aromatic rings. The summed E-state index contributed by atoms with van der Waals surface area (Å²) in [5.74, 6) is -0.690. The van der Waals surface area contributed by atoms with Crippen molar-refractivity contribution in [3.63, 3.8) is 0 Å². The maximum absolute atomic E-state index is 10.7. The molecule has 0 heterocycles. The Bertz CT molecular complexity index is 173. The SMILES string of the molecule is CCOC(=O)C(Cl)COS(=O)[O-].